The lowest BCUT2D eigenvalue weighted by atomic mass is 10.3. The molecule has 0 fully saturated rings. The summed E-state index contributed by atoms with van der Waals surface area (Å²) in [6.45, 7) is 6.12. The highest BCUT2D eigenvalue weighted by atomic mass is 79.9. The van der Waals surface area contributed by atoms with Gasteiger partial charge in [0, 0.05) is 26.1 Å². The third-order valence-electron chi connectivity index (χ3n) is 2.29. The molecular formula is C10H17BrN4O. The van der Waals surface area contributed by atoms with Crippen molar-refractivity contribution in [1.29, 1.82) is 0 Å². The zero-order valence-corrected chi connectivity index (χ0v) is 11.2. The minimum absolute atomic E-state index is 0.285. The Morgan fingerprint density at radius 3 is 2.88 bits per heavy atom. The van der Waals surface area contributed by atoms with Gasteiger partial charge in [-0.05, 0) is 29.8 Å². The molecule has 0 aliphatic heterocycles. The second kappa shape index (κ2) is 6.00. The summed E-state index contributed by atoms with van der Waals surface area (Å²) < 4.78 is 2.97. The molecule has 16 heavy (non-hydrogen) atoms. The minimum Gasteiger partial charge on any atom is -0.370 e. The predicted octanol–water partition coefficient (Wildman–Crippen LogP) is 0.939. The molecule has 3 N–H and O–H groups in total. The number of nitrogens with one attached hydrogen (secondary N) is 1. The summed E-state index contributed by atoms with van der Waals surface area (Å²) in [5.41, 5.74) is 7.14. The molecule has 6 heteroatoms. The van der Waals surface area contributed by atoms with Crippen LogP contribution in [0, 0.1) is 6.92 Å². The van der Waals surface area contributed by atoms with Gasteiger partial charge in [0.25, 0.3) is 0 Å². The Balaban J connectivity index is 2.55. The first-order valence-electron chi connectivity index (χ1n) is 5.27. The Hall–Kier alpha value is -0.880. The molecule has 0 saturated heterocycles. The van der Waals surface area contributed by atoms with Crippen molar-refractivity contribution >= 4 is 21.8 Å². The minimum atomic E-state index is -0.285. The summed E-state index contributed by atoms with van der Waals surface area (Å²) >= 11 is 3.51. The fourth-order valence-electron chi connectivity index (χ4n) is 1.46. The van der Waals surface area contributed by atoms with Crippen molar-refractivity contribution in [1.82, 2.24) is 15.1 Å². The van der Waals surface area contributed by atoms with Crippen molar-refractivity contribution in [3.63, 3.8) is 0 Å². The topological polar surface area (TPSA) is 72.9 Å². The van der Waals surface area contributed by atoms with E-state index in [0.717, 1.165) is 22.4 Å². The first kappa shape index (κ1) is 13.2. The number of aromatic nitrogens is 2. The average molecular weight is 289 g/mol. The molecule has 0 aliphatic carbocycles. The van der Waals surface area contributed by atoms with Crippen LogP contribution in [0.25, 0.3) is 0 Å². The van der Waals surface area contributed by atoms with E-state index in [2.05, 4.69) is 26.3 Å². The fourth-order valence-corrected chi connectivity index (χ4v) is 1.88. The molecule has 0 saturated carbocycles. The van der Waals surface area contributed by atoms with E-state index in [-0.39, 0.29) is 5.91 Å². The van der Waals surface area contributed by atoms with Crippen LogP contribution in [0.15, 0.2) is 4.47 Å². The van der Waals surface area contributed by atoms with E-state index in [9.17, 15) is 4.79 Å². The highest BCUT2D eigenvalue weighted by Crippen LogP contribution is 2.20. The highest BCUT2D eigenvalue weighted by molar-refractivity contribution is 9.10. The SMILES string of the molecule is CCn1nc(C)c(Br)c1CNCCC(N)=O. The Kier molecular flexibility index (Phi) is 4.95. The van der Waals surface area contributed by atoms with Crippen LogP contribution in [-0.2, 0) is 17.9 Å². The number of rotatable bonds is 6. The lowest BCUT2D eigenvalue weighted by Crippen LogP contribution is -2.23. The number of hydrogen-bond acceptors (Lipinski definition) is 3. The third-order valence-corrected chi connectivity index (χ3v) is 3.32. The van der Waals surface area contributed by atoms with Gasteiger partial charge in [-0.2, -0.15) is 5.10 Å². The van der Waals surface area contributed by atoms with Crippen LogP contribution in [-0.4, -0.2) is 22.2 Å². The smallest absolute Gasteiger partial charge is 0.218 e. The van der Waals surface area contributed by atoms with E-state index in [1.807, 2.05) is 18.5 Å². The number of nitrogens with zero attached hydrogens (tertiary/aromatic N) is 2. The quantitative estimate of drug-likeness (QED) is 0.765. The summed E-state index contributed by atoms with van der Waals surface area (Å²) in [4.78, 5) is 10.6. The van der Waals surface area contributed by atoms with Gasteiger partial charge in [0.2, 0.25) is 5.91 Å². The second-order valence-electron chi connectivity index (χ2n) is 3.55. The molecule has 0 atom stereocenters. The number of hydrogen-bond donors (Lipinski definition) is 2. The molecule has 1 rings (SSSR count). The summed E-state index contributed by atoms with van der Waals surface area (Å²) in [7, 11) is 0. The number of nitrogens with two attached hydrogens (primary N) is 1. The number of primary amides is 1. The summed E-state index contributed by atoms with van der Waals surface area (Å²) in [5.74, 6) is -0.285. The third kappa shape index (κ3) is 3.31. The van der Waals surface area contributed by atoms with Crippen LogP contribution < -0.4 is 11.1 Å². The van der Waals surface area contributed by atoms with E-state index >= 15 is 0 Å². The zero-order valence-electron chi connectivity index (χ0n) is 9.59. The van der Waals surface area contributed by atoms with Gasteiger partial charge < -0.3 is 11.1 Å². The van der Waals surface area contributed by atoms with Gasteiger partial charge >= 0.3 is 0 Å². The van der Waals surface area contributed by atoms with Crippen LogP contribution in [0.2, 0.25) is 0 Å². The Morgan fingerprint density at radius 2 is 2.31 bits per heavy atom. The second-order valence-corrected chi connectivity index (χ2v) is 4.35. The lowest BCUT2D eigenvalue weighted by molar-refractivity contribution is -0.117. The molecule has 5 nitrogen and oxygen atoms in total. The summed E-state index contributed by atoms with van der Waals surface area (Å²) in [5, 5.41) is 7.55. The van der Waals surface area contributed by atoms with E-state index < -0.39 is 0 Å². The first-order chi connectivity index (χ1) is 7.56. The summed E-state index contributed by atoms with van der Waals surface area (Å²) in [6.07, 6.45) is 0.358. The maximum Gasteiger partial charge on any atom is 0.218 e. The number of halogens is 1. The van der Waals surface area contributed by atoms with Crippen LogP contribution >= 0.6 is 15.9 Å². The molecule has 1 heterocycles. The van der Waals surface area contributed by atoms with Gasteiger partial charge in [0.1, 0.15) is 0 Å². The fraction of sp³-hybridized carbons (Fsp3) is 0.600. The monoisotopic (exact) mass is 288 g/mol. The Bertz CT molecular complexity index is 375. The van der Waals surface area contributed by atoms with Crippen molar-refractivity contribution in [3.05, 3.63) is 15.9 Å². The van der Waals surface area contributed by atoms with Gasteiger partial charge in [-0.3, -0.25) is 9.48 Å². The standard InChI is InChI=1S/C10H17BrN4O/c1-3-15-8(10(11)7(2)14-15)6-13-5-4-9(12)16/h13H,3-6H2,1-2H3,(H2,12,16). The van der Waals surface area contributed by atoms with Crippen LogP contribution in [0.3, 0.4) is 0 Å². The molecule has 0 aliphatic rings. The predicted molar refractivity (Wildman–Crippen MR) is 65.9 cm³/mol. The maximum absolute atomic E-state index is 10.6. The first-order valence-corrected chi connectivity index (χ1v) is 6.06. The van der Waals surface area contributed by atoms with E-state index in [1.54, 1.807) is 0 Å². The lowest BCUT2D eigenvalue weighted by Gasteiger charge is -2.06. The van der Waals surface area contributed by atoms with Crippen molar-refractivity contribution < 1.29 is 4.79 Å². The van der Waals surface area contributed by atoms with Gasteiger partial charge in [-0.1, -0.05) is 0 Å². The molecule has 1 aromatic heterocycles. The number of carbonyl (C=O) groups is 1. The van der Waals surface area contributed by atoms with E-state index in [1.165, 1.54) is 0 Å². The molecule has 0 bridgehead atoms. The van der Waals surface area contributed by atoms with Crippen molar-refractivity contribution in [2.24, 2.45) is 5.73 Å². The molecule has 90 valence electrons. The zero-order chi connectivity index (χ0) is 12.1. The van der Waals surface area contributed by atoms with E-state index in [0.29, 0.717) is 19.5 Å². The highest BCUT2D eigenvalue weighted by Gasteiger charge is 2.11. The average Bonchev–Trinajstić information content (AvgIpc) is 2.50. The Labute approximate surface area is 104 Å². The largest absolute Gasteiger partial charge is 0.370 e. The van der Waals surface area contributed by atoms with Crippen molar-refractivity contribution in [3.8, 4) is 0 Å². The normalized spacial score (nSPS) is 10.7. The van der Waals surface area contributed by atoms with Crippen LogP contribution in [0.5, 0.6) is 0 Å². The molecule has 0 spiro atoms. The molecule has 0 unspecified atom stereocenters. The van der Waals surface area contributed by atoms with Gasteiger partial charge in [-0.25, -0.2) is 0 Å². The molecule has 1 amide bonds. The number of aryl methyl sites for hydroxylation is 2. The molecule has 1 aromatic rings. The van der Waals surface area contributed by atoms with Gasteiger partial charge in [0.05, 0.1) is 15.9 Å². The number of amides is 1. The van der Waals surface area contributed by atoms with Crippen molar-refractivity contribution in [2.45, 2.75) is 33.4 Å². The van der Waals surface area contributed by atoms with Gasteiger partial charge in [0.15, 0.2) is 0 Å². The Morgan fingerprint density at radius 1 is 1.62 bits per heavy atom. The van der Waals surface area contributed by atoms with Crippen LogP contribution in [0.1, 0.15) is 24.7 Å². The number of carbonyl (C=O) groups excluding carboxylic acids is 1. The summed E-state index contributed by atoms with van der Waals surface area (Å²) in [6, 6.07) is 0. The van der Waals surface area contributed by atoms with Gasteiger partial charge in [-0.15, -0.1) is 0 Å². The molecule has 0 radical (unpaired) electrons. The molecule has 0 aromatic carbocycles. The maximum atomic E-state index is 10.6. The molecular weight excluding hydrogens is 272 g/mol. The van der Waals surface area contributed by atoms with Crippen LogP contribution in [0.4, 0.5) is 0 Å². The van der Waals surface area contributed by atoms with Crippen molar-refractivity contribution in [2.75, 3.05) is 6.54 Å². The van der Waals surface area contributed by atoms with E-state index in [4.69, 9.17) is 5.73 Å².